The fourth-order valence-corrected chi connectivity index (χ4v) is 6.82. The van der Waals surface area contributed by atoms with Crippen LogP contribution in [0.3, 0.4) is 0 Å². The van der Waals surface area contributed by atoms with Gasteiger partial charge in [0.2, 0.25) is 5.91 Å². The zero-order chi connectivity index (χ0) is 20.5. The number of ether oxygens (including phenoxy) is 2. The summed E-state index contributed by atoms with van der Waals surface area (Å²) in [6.07, 6.45) is 1.89. The first-order valence-electron chi connectivity index (χ1n) is 10.4. The normalized spacial score (nSPS) is 35.4. The Balaban J connectivity index is 1.72. The highest BCUT2D eigenvalue weighted by atomic mass is 16.5. The number of likely N-dealkylation sites (tertiary alicyclic amines) is 1. The van der Waals surface area contributed by atoms with Gasteiger partial charge in [-0.3, -0.25) is 4.79 Å². The molecule has 3 heterocycles. The minimum atomic E-state index is -0.310. The number of rotatable bonds is 1. The van der Waals surface area contributed by atoms with Gasteiger partial charge in [-0.2, -0.15) is 0 Å². The number of likely N-dealkylation sites (N-methyl/N-ethyl adjacent to an activating group) is 1. The van der Waals surface area contributed by atoms with Crippen molar-refractivity contribution in [2.75, 3.05) is 32.2 Å². The second-order valence-corrected chi connectivity index (χ2v) is 8.92. The number of amides is 1. The fourth-order valence-electron chi connectivity index (χ4n) is 6.82. The van der Waals surface area contributed by atoms with E-state index in [1.54, 1.807) is 6.92 Å². The van der Waals surface area contributed by atoms with Gasteiger partial charge in [0.05, 0.1) is 25.3 Å². The van der Waals surface area contributed by atoms with Gasteiger partial charge in [-0.15, -0.1) is 0 Å². The lowest BCUT2D eigenvalue weighted by Crippen LogP contribution is -2.64. The maximum atomic E-state index is 12.9. The van der Waals surface area contributed by atoms with Gasteiger partial charge >= 0.3 is 5.97 Å². The number of esters is 1. The van der Waals surface area contributed by atoms with E-state index in [4.69, 9.17) is 9.47 Å². The van der Waals surface area contributed by atoms with Crippen LogP contribution in [0.4, 0.5) is 5.69 Å². The summed E-state index contributed by atoms with van der Waals surface area (Å²) in [6, 6.07) is 8.61. The first-order valence-corrected chi connectivity index (χ1v) is 10.4. The number of carbonyl (C=O) groups is 2. The lowest BCUT2D eigenvalue weighted by atomic mass is 9.56. The van der Waals surface area contributed by atoms with Gasteiger partial charge in [-0.25, -0.2) is 4.79 Å². The standard InChI is InChI=1S/C23H28N2O4/c1-13-20(22(27)28-4)15-11-19-23(9-10-24(19)3)17-7-5-6-8-18(17)25(14(2)26)21(23)16(15)12-29-13/h5-8,15-16,19,21H,9-12H2,1-4H3/t15-,16-,19-,21+,23-/m1/s1. The molecule has 154 valence electrons. The Kier molecular flexibility index (Phi) is 4.07. The zero-order valence-electron chi connectivity index (χ0n) is 17.5. The molecule has 1 amide bonds. The topological polar surface area (TPSA) is 59.1 Å². The minimum absolute atomic E-state index is 0.0149. The van der Waals surface area contributed by atoms with E-state index >= 15 is 0 Å². The monoisotopic (exact) mass is 396 g/mol. The van der Waals surface area contributed by atoms with E-state index < -0.39 is 0 Å². The molecule has 0 bridgehead atoms. The average molecular weight is 396 g/mol. The van der Waals surface area contributed by atoms with Gasteiger partial charge in [0.1, 0.15) is 5.76 Å². The highest BCUT2D eigenvalue weighted by Gasteiger charge is 2.67. The van der Waals surface area contributed by atoms with Crippen LogP contribution in [0.15, 0.2) is 35.6 Å². The number of anilines is 1. The lowest BCUT2D eigenvalue weighted by Gasteiger charge is -2.53. The second-order valence-electron chi connectivity index (χ2n) is 8.92. The number of benzene rings is 1. The number of hydrogen-bond acceptors (Lipinski definition) is 5. The second kappa shape index (κ2) is 6.33. The van der Waals surface area contributed by atoms with Gasteiger partial charge in [0.15, 0.2) is 0 Å². The molecule has 6 heteroatoms. The van der Waals surface area contributed by atoms with E-state index in [9.17, 15) is 9.59 Å². The van der Waals surface area contributed by atoms with E-state index in [2.05, 4.69) is 30.1 Å². The molecule has 1 saturated heterocycles. The molecule has 1 spiro atoms. The Morgan fingerprint density at radius 1 is 1.28 bits per heavy atom. The summed E-state index contributed by atoms with van der Waals surface area (Å²) >= 11 is 0. The lowest BCUT2D eigenvalue weighted by molar-refractivity contribution is -0.138. The maximum absolute atomic E-state index is 12.9. The molecule has 29 heavy (non-hydrogen) atoms. The zero-order valence-corrected chi connectivity index (χ0v) is 17.5. The summed E-state index contributed by atoms with van der Waals surface area (Å²) in [5.74, 6) is 0.494. The molecule has 1 aromatic carbocycles. The van der Waals surface area contributed by atoms with Crippen molar-refractivity contribution in [3.8, 4) is 0 Å². The first kappa shape index (κ1) is 18.7. The van der Waals surface area contributed by atoms with E-state index in [1.807, 2.05) is 17.9 Å². The van der Waals surface area contributed by atoms with Gasteiger partial charge in [0.25, 0.3) is 0 Å². The van der Waals surface area contributed by atoms with Crippen LogP contribution >= 0.6 is 0 Å². The molecule has 4 aliphatic rings. The molecule has 6 nitrogen and oxygen atoms in total. The van der Waals surface area contributed by atoms with E-state index in [1.165, 1.54) is 12.7 Å². The predicted octanol–water partition coefficient (Wildman–Crippen LogP) is 2.48. The average Bonchev–Trinajstić information content (AvgIpc) is 3.20. The largest absolute Gasteiger partial charge is 0.497 e. The SMILES string of the molecule is COC(=O)C1=C(C)OC[C@H]2[C@@H]3N(C(C)=O)c4ccccc4[C@@]34CCN(C)[C@@H]4C[C@@H]12. The van der Waals surface area contributed by atoms with E-state index in [-0.39, 0.29) is 41.2 Å². The molecular formula is C23H28N2O4. The summed E-state index contributed by atoms with van der Waals surface area (Å²) in [7, 11) is 3.60. The Hall–Kier alpha value is -2.34. The van der Waals surface area contributed by atoms with E-state index in [0.717, 1.165) is 25.1 Å². The van der Waals surface area contributed by atoms with Crippen LogP contribution in [-0.4, -0.2) is 56.2 Å². The van der Waals surface area contributed by atoms with Crippen molar-refractivity contribution < 1.29 is 19.1 Å². The third-order valence-corrected chi connectivity index (χ3v) is 7.86. The van der Waals surface area contributed by atoms with Crippen molar-refractivity contribution >= 4 is 17.6 Å². The van der Waals surface area contributed by atoms with Crippen LogP contribution in [0.25, 0.3) is 0 Å². The smallest absolute Gasteiger partial charge is 0.337 e. The Morgan fingerprint density at radius 3 is 2.76 bits per heavy atom. The molecule has 1 saturated carbocycles. The summed E-state index contributed by atoms with van der Waals surface area (Å²) in [5, 5.41) is 0. The quantitative estimate of drug-likeness (QED) is 0.683. The maximum Gasteiger partial charge on any atom is 0.337 e. The number of para-hydroxylation sites is 1. The number of allylic oxidation sites excluding steroid dienone is 1. The third-order valence-electron chi connectivity index (χ3n) is 7.86. The molecule has 0 aromatic heterocycles. The molecule has 2 fully saturated rings. The van der Waals surface area contributed by atoms with Crippen LogP contribution in [0, 0.1) is 11.8 Å². The molecule has 0 radical (unpaired) electrons. The van der Waals surface area contributed by atoms with Crippen LogP contribution in [0.1, 0.15) is 32.3 Å². The van der Waals surface area contributed by atoms with Crippen molar-refractivity contribution in [2.45, 2.75) is 44.2 Å². The molecule has 1 aromatic rings. The minimum Gasteiger partial charge on any atom is -0.497 e. The van der Waals surface area contributed by atoms with Crippen LogP contribution in [0.5, 0.6) is 0 Å². The fraction of sp³-hybridized carbons (Fsp3) is 0.565. The number of hydrogen-bond donors (Lipinski definition) is 0. The number of methoxy groups -OCH3 is 1. The van der Waals surface area contributed by atoms with Crippen LogP contribution < -0.4 is 4.90 Å². The first-order chi connectivity index (χ1) is 13.9. The summed E-state index contributed by atoms with van der Waals surface area (Å²) < 4.78 is 11.1. The molecule has 3 aliphatic heterocycles. The van der Waals surface area contributed by atoms with Crippen LogP contribution in [0.2, 0.25) is 0 Å². The van der Waals surface area contributed by atoms with Crippen molar-refractivity contribution in [1.82, 2.24) is 4.90 Å². The number of fused-ring (bicyclic) bond motifs is 3. The Morgan fingerprint density at radius 2 is 2.03 bits per heavy atom. The summed E-state index contributed by atoms with van der Waals surface area (Å²) in [6.45, 7) is 5.02. The van der Waals surface area contributed by atoms with Crippen molar-refractivity contribution in [3.63, 3.8) is 0 Å². The molecule has 5 rings (SSSR count). The highest BCUT2D eigenvalue weighted by molar-refractivity contribution is 5.96. The van der Waals surface area contributed by atoms with Gasteiger partial charge in [0, 0.05) is 35.9 Å². The van der Waals surface area contributed by atoms with Gasteiger partial charge in [-0.05, 0) is 45.0 Å². The Bertz CT molecular complexity index is 925. The summed E-state index contributed by atoms with van der Waals surface area (Å²) in [5.41, 5.74) is 2.83. The van der Waals surface area contributed by atoms with Crippen molar-refractivity contribution in [2.24, 2.45) is 11.8 Å². The molecule has 1 aliphatic carbocycles. The number of nitrogens with zero attached hydrogens (tertiary/aromatic N) is 2. The third kappa shape index (κ3) is 2.26. The summed E-state index contributed by atoms with van der Waals surface area (Å²) in [4.78, 5) is 30.0. The molecule has 0 N–H and O–H groups in total. The molecule has 0 unspecified atom stereocenters. The van der Waals surface area contributed by atoms with Crippen LogP contribution in [-0.2, 0) is 24.5 Å². The van der Waals surface area contributed by atoms with Crippen molar-refractivity contribution in [3.05, 3.63) is 41.2 Å². The molecular weight excluding hydrogens is 368 g/mol. The van der Waals surface area contributed by atoms with Crippen molar-refractivity contribution in [1.29, 1.82) is 0 Å². The molecule has 5 atom stereocenters. The van der Waals surface area contributed by atoms with Gasteiger partial charge in [-0.1, -0.05) is 18.2 Å². The Labute approximate surface area is 171 Å². The number of carbonyl (C=O) groups excluding carboxylic acids is 2. The highest BCUT2D eigenvalue weighted by Crippen LogP contribution is 2.62. The van der Waals surface area contributed by atoms with E-state index in [0.29, 0.717) is 17.9 Å². The predicted molar refractivity (Wildman–Crippen MR) is 108 cm³/mol. The van der Waals surface area contributed by atoms with Gasteiger partial charge < -0.3 is 19.3 Å².